The first kappa shape index (κ1) is 18.7. The first-order valence-electron chi connectivity index (χ1n) is 9.05. The van der Waals surface area contributed by atoms with Crippen molar-refractivity contribution < 1.29 is 14.3 Å². The fraction of sp³-hybridized carbons (Fsp3) is 0.273. The maximum Gasteiger partial charge on any atom is 0.278 e. The molecule has 2 aromatic carbocycles. The van der Waals surface area contributed by atoms with Crippen molar-refractivity contribution in [1.29, 1.82) is 0 Å². The molecular formula is C22H24N2O3. The van der Waals surface area contributed by atoms with E-state index in [9.17, 15) is 9.59 Å². The van der Waals surface area contributed by atoms with E-state index in [4.69, 9.17) is 4.74 Å². The molecule has 0 saturated heterocycles. The minimum Gasteiger partial charge on any atom is -0.497 e. The zero-order valence-corrected chi connectivity index (χ0v) is 16.1. The van der Waals surface area contributed by atoms with Crippen LogP contribution in [-0.2, 0) is 9.59 Å². The summed E-state index contributed by atoms with van der Waals surface area (Å²) in [6, 6.07) is 13.1. The van der Waals surface area contributed by atoms with Gasteiger partial charge in [-0.15, -0.1) is 0 Å². The number of hydrogen-bond acceptors (Lipinski definition) is 4. The summed E-state index contributed by atoms with van der Waals surface area (Å²) >= 11 is 0. The van der Waals surface area contributed by atoms with Crippen LogP contribution < -0.4 is 10.1 Å². The third-order valence-electron chi connectivity index (χ3n) is 4.75. The standard InChI is InChI=1S/C22H24N2O3/c1-5-11-24-21(25)19(16-10-9-14(2)15(3)12-16)20(22(24)26)23-17-7-6-8-18(13-17)27-4/h6-10,12-13,23H,5,11H2,1-4H3. The Labute approximate surface area is 159 Å². The van der Waals surface area contributed by atoms with E-state index in [1.807, 2.05) is 57.2 Å². The van der Waals surface area contributed by atoms with Gasteiger partial charge >= 0.3 is 0 Å². The molecule has 140 valence electrons. The van der Waals surface area contributed by atoms with Crippen LogP contribution in [0, 0.1) is 13.8 Å². The average molecular weight is 364 g/mol. The van der Waals surface area contributed by atoms with Gasteiger partial charge in [0, 0.05) is 18.3 Å². The van der Waals surface area contributed by atoms with Crippen molar-refractivity contribution in [3.8, 4) is 5.75 Å². The monoisotopic (exact) mass is 364 g/mol. The molecule has 0 fully saturated rings. The van der Waals surface area contributed by atoms with Crippen molar-refractivity contribution in [2.24, 2.45) is 0 Å². The zero-order chi connectivity index (χ0) is 19.6. The molecule has 0 bridgehead atoms. The lowest BCUT2D eigenvalue weighted by molar-refractivity contribution is -0.136. The van der Waals surface area contributed by atoms with Crippen LogP contribution in [0.2, 0.25) is 0 Å². The predicted molar refractivity (Wildman–Crippen MR) is 106 cm³/mol. The lowest BCUT2D eigenvalue weighted by atomic mass is 9.99. The second-order valence-corrected chi connectivity index (χ2v) is 6.67. The molecule has 1 aliphatic rings. The average Bonchev–Trinajstić information content (AvgIpc) is 2.89. The molecule has 0 aromatic heterocycles. The highest BCUT2D eigenvalue weighted by Gasteiger charge is 2.38. The number of aryl methyl sites for hydroxylation is 2. The molecular weight excluding hydrogens is 340 g/mol. The number of ether oxygens (including phenoxy) is 1. The fourth-order valence-corrected chi connectivity index (χ4v) is 3.13. The molecule has 0 atom stereocenters. The zero-order valence-electron chi connectivity index (χ0n) is 16.1. The van der Waals surface area contributed by atoms with Crippen molar-refractivity contribution in [3.63, 3.8) is 0 Å². The van der Waals surface area contributed by atoms with Crippen molar-refractivity contribution in [3.05, 3.63) is 64.9 Å². The van der Waals surface area contributed by atoms with Crippen molar-refractivity contribution in [2.45, 2.75) is 27.2 Å². The SMILES string of the molecule is CCCN1C(=O)C(Nc2cccc(OC)c2)=C(c2ccc(C)c(C)c2)C1=O. The fourth-order valence-electron chi connectivity index (χ4n) is 3.13. The summed E-state index contributed by atoms with van der Waals surface area (Å²) in [5.74, 6) is 0.129. The lowest BCUT2D eigenvalue weighted by Gasteiger charge is -2.14. The van der Waals surface area contributed by atoms with Gasteiger partial charge in [-0.25, -0.2) is 0 Å². The smallest absolute Gasteiger partial charge is 0.278 e. The van der Waals surface area contributed by atoms with Gasteiger partial charge in [-0.3, -0.25) is 14.5 Å². The van der Waals surface area contributed by atoms with Crippen LogP contribution in [-0.4, -0.2) is 30.4 Å². The number of anilines is 1. The van der Waals surface area contributed by atoms with Gasteiger partial charge in [-0.2, -0.15) is 0 Å². The third kappa shape index (κ3) is 3.58. The molecule has 1 N–H and O–H groups in total. The van der Waals surface area contributed by atoms with E-state index in [1.54, 1.807) is 13.2 Å². The first-order chi connectivity index (χ1) is 13.0. The maximum atomic E-state index is 13.0. The molecule has 0 radical (unpaired) electrons. The van der Waals surface area contributed by atoms with E-state index in [2.05, 4.69) is 5.32 Å². The molecule has 2 aromatic rings. The Morgan fingerprint density at radius 1 is 1.00 bits per heavy atom. The molecule has 0 saturated carbocycles. The largest absolute Gasteiger partial charge is 0.497 e. The van der Waals surface area contributed by atoms with E-state index >= 15 is 0 Å². The Morgan fingerprint density at radius 2 is 1.78 bits per heavy atom. The minimum absolute atomic E-state index is 0.254. The number of carbonyl (C=O) groups excluding carboxylic acids is 2. The Balaban J connectivity index is 2.09. The van der Waals surface area contributed by atoms with Crippen LogP contribution >= 0.6 is 0 Å². The van der Waals surface area contributed by atoms with E-state index in [1.165, 1.54) is 4.90 Å². The maximum absolute atomic E-state index is 13.0. The number of hydrogen-bond donors (Lipinski definition) is 1. The Hall–Kier alpha value is -3.08. The molecule has 1 heterocycles. The normalized spacial score (nSPS) is 14.1. The summed E-state index contributed by atoms with van der Waals surface area (Å²) in [5.41, 5.74) is 4.40. The summed E-state index contributed by atoms with van der Waals surface area (Å²) in [5, 5.41) is 3.15. The van der Waals surface area contributed by atoms with Crippen molar-refractivity contribution >= 4 is 23.1 Å². The van der Waals surface area contributed by atoms with Crippen molar-refractivity contribution in [2.75, 3.05) is 19.0 Å². The quantitative estimate of drug-likeness (QED) is 0.790. The summed E-state index contributed by atoms with van der Waals surface area (Å²) in [6.45, 7) is 6.37. The highest BCUT2D eigenvalue weighted by atomic mass is 16.5. The third-order valence-corrected chi connectivity index (χ3v) is 4.75. The van der Waals surface area contributed by atoms with Crippen LogP contribution in [0.15, 0.2) is 48.2 Å². The number of amides is 2. The Kier molecular flexibility index (Phi) is 5.31. The van der Waals surface area contributed by atoms with Gasteiger partial charge in [0.25, 0.3) is 11.8 Å². The summed E-state index contributed by atoms with van der Waals surface area (Å²) in [6.07, 6.45) is 0.712. The number of nitrogens with zero attached hydrogens (tertiary/aromatic N) is 1. The number of methoxy groups -OCH3 is 1. The van der Waals surface area contributed by atoms with Crippen LogP contribution in [0.4, 0.5) is 5.69 Å². The molecule has 1 aliphatic heterocycles. The number of benzene rings is 2. The van der Waals surface area contributed by atoms with E-state index in [0.717, 1.165) is 16.7 Å². The van der Waals surface area contributed by atoms with Gasteiger partial charge in [0.05, 0.1) is 12.7 Å². The van der Waals surface area contributed by atoms with Gasteiger partial charge in [-0.1, -0.05) is 31.2 Å². The van der Waals surface area contributed by atoms with Crippen LogP contribution in [0.3, 0.4) is 0 Å². The van der Waals surface area contributed by atoms with E-state index in [-0.39, 0.29) is 11.8 Å². The summed E-state index contributed by atoms with van der Waals surface area (Å²) in [4.78, 5) is 27.3. The van der Waals surface area contributed by atoms with E-state index in [0.29, 0.717) is 35.7 Å². The van der Waals surface area contributed by atoms with Crippen LogP contribution in [0.1, 0.15) is 30.0 Å². The summed E-state index contributed by atoms with van der Waals surface area (Å²) < 4.78 is 5.25. The van der Waals surface area contributed by atoms with Crippen molar-refractivity contribution in [1.82, 2.24) is 4.90 Å². The Morgan fingerprint density at radius 3 is 2.44 bits per heavy atom. The van der Waals surface area contributed by atoms with Gasteiger partial charge in [-0.05, 0) is 49.1 Å². The second kappa shape index (κ2) is 7.66. The highest BCUT2D eigenvalue weighted by Crippen LogP contribution is 2.32. The summed E-state index contributed by atoms with van der Waals surface area (Å²) in [7, 11) is 1.59. The van der Waals surface area contributed by atoms with Crippen LogP contribution in [0.25, 0.3) is 5.57 Å². The van der Waals surface area contributed by atoms with E-state index < -0.39 is 0 Å². The molecule has 0 unspecified atom stereocenters. The number of nitrogens with one attached hydrogen (secondary N) is 1. The minimum atomic E-state index is -0.294. The molecule has 0 aliphatic carbocycles. The van der Waals surface area contributed by atoms with Gasteiger partial charge in [0.2, 0.25) is 0 Å². The number of imide groups is 1. The number of rotatable bonds is 6. The Bertz CT molecular complexity index is 931. The predicted octanol–water partition coefficient (Wildman–Crippen LogP) is 3.91. The highest BCUT2D eigenvalue weighted by molar-refractivity contribution is 6.36. The lowest BCUT2D eigenvalue weighted by Crippen LogP contribution is -2.33. The second-order valence-electron chi connectivity index (χ2n) is 6.67. The van der Waals surface area contributed by atoms with Gasteiger partial charge in [0.1, 0.15) is 11.4 Å². The molecule has 5 nitrogen and oxygen atoms in total. The molecule has 27 heavy (non-hydrogen) atoms. The van der Waals surface area contributed by atoms with Crippen LogP contribution in [0.5, 0.6) is 5.75 Å². The molecule has 2 amide bonds. The first-order valence-corrected chi connectivity index (χ1v) is 9.05. The molecule has 5 heteroatoms. The molecule has 3 rings (SSSR count). The molecule has 0 spiro atoms. The van der Waals surface area contributed by atoms with Gasteiger partial charge < -0.3 is 10.1 Å². The number of carbonyl (C=O) groups is 2. The topological polar surface area (TPSA) is 58.6 Å². The van der Waals surface area contributed by atoms with Gasteiger partial charge in [0.15, 0.2) is 0 Å².